The third kappa shape index (κ3) is 4.28. The fourth-order valence-corrected chi connectivity index (χ4v) is 3.89. The monoisotopic (exact) mass is 442 g/mol. The van der Waals surface area contributed by atoms with Gasteiger partial charge in [-0.05, 0) is 63.6 Å². The van der Waals surface area contributed by atoms with Gasteiger partial charge < -0.3 is 4.74 Å². The van der Waals surface area contributed by atoms with Gasteiger partial charge >= 0.3 is 6.09 Å². The van der Waals surface area contributed by atoms with Gasteiger partial charge in [0.1, 0.15) is 17.1 Å². The van der Waals surface area contributed by atoms with Crippen LogP contribution in [-0.2, 0) is 17.8 Å². The molecule has 6 nitrogen and oxygen atoms in total. The maximum atomic E-state index is 14.8. The van der Waals surface area contributed by atoms with Gasteiger partial charge in [-0.3, -0.25) is 14.6 Å². The number of carbonyl (C=O) groups excluding carboxylic acids is 1. The maximum absolute atomic E-state index is 14.8. The second-order valence-electron chi connectivity index (χ2n) is 8.67. The van der Waals surface area contributed by atoms with Crippen LogP contribution >= 0.6 is 11.6 Å². The van der Waals surface area contributed by atoms with Gasteiger partial charge in [-0.1, -0.05) is 11.6 Å². The minimum atomic E-state index is -0.597. The summed E-state index contributed by atoms with van der Waals surface area (Å²) in [7, 11) is 0. The van der Waals surface area contributed by atoms with Crippen LogP contribution in [0.3, 0.4) is 0 Å². The van der Waals surface area contributed by atoms with Crippen LogP contribution < -0.4 is 0 Å². The number of carbonyl (C=O) groups is 1. The smallest absolute Gasteiger partial charge is 0.410 e. The summed E-state index contributed by atoms with van der Waals surface area (Å²) in [5.41, 5.74) is 2.70. The first-order chi connectivity index (χ1) is 14.6. The number of nitrogens with zero attached hydrogens (tertiary/aromatic N) is 4. The summed E-state index contributed by atoms with van der Waals surface area (Å²) >= 11 is 5.96. The molecule has 0 saturated carbocycles. The number of fused-ring (bicyclic) bond motifs is 1. The van der Waals surface area contributed by atoms with E-state index in [4.69, 9.17) is 21.4 Å². The summed E-state index contributed by atoms with van der Waals surface area (Å²) < 4.78 is 22.3. The SMILES string of the molecule is C[C@@H]1Cn2nc(-c3ccc(Cl)cc3F)c(-c3ccncc3)c2CN1C(=O)OC(C)(C)C. The molecular weight excluding hydrogens is 419 g/mol. The van der Waals surface area contributed by atoms with Crippen LogP contribution in [0.25, 0.3) is 22.4 Å². The summed E-state index contributed by atoms with van der Waals surface area (Å²) in [6.45, 7) is 8.25. The van der Waals surface area contributed by atoms with E-state index < -0.39 is 11.4 Å². The minimum Gasteiger partial charge on any atom is -0.444 e. The Hall–Kier alpha value is -2.93. The van der Waals surface area contributed by atoms with Crippen LogP contribution in [0.15, 0.2) is 42.7 Å². The van der Waals surface area contributed by atoms with Gasteiger partial charge in [-0.25, -0.2) is 9.18 Å². The maximum Gasteiger partial charge on any atom is 0.410 e. The van der Waals surface area contributed by atoms with Crippen molar-refractivity contribution in [1.29, 1.82) is 0 Å². The van der Waals surface area contributed by atoms with Crippen molar-refractivity contribution in [3.05, 3.63) is 59.3 Å². The first kappa shape index (κ1) is 21.3. The number of pyridine rings is 1. The predicted octanol–water partition coefficient (Wildman–Crippen LogP) is 5.54. The molecule has 3 aromatic rings. The predicted molar refractivity (Wildman–Crippen MR) is 117 cm³/mol. The van der Waals surface area contributed by atoms with E-state index in [0.717, 1.165) is 16.8 Å². The lowest BCUT2D eigenvalue weighted by Crippen LogP contribution is -2.47. The van der Waals surface area contributed by atoms with Gasteiger partial charge in [0.15, 0.2) is 0 Å². The van der Waals surface area contributed by atoms with E-state index in [1.807, 2.05) is 44.5 Å². The second kappa shape index (κ2) is 7.96. The lowest BCUT2D eigenvalue weighted by Gasteiger charge is -2.35. The van der Waals surface area contributed by atoms with Gasteiger partial charge in [0, 0.05) is 28.5 Å². The Morgan fingerprint density at radius 1 is 1.23 bits per heavy atom. The van der Waals surface area contributed by atoms with Crippen molar-refractivity contribution >= 4 is 17.7 Å². The van der Waals surface area contributed by atoms with E-state index in [-0.39, 0.29) is 12.1 Å². The molecule has 162 valence electrons. The molecule has 0 N–H and O–H groups in total. The highest BCUT2D eigenvalue weighted by atomic mass is 35.5. The quantitative estimate of drug-likeness (QED) is 0.522. The average Bonchev–Trinajstić information content (AvgIpc) is 3.04. The fraction of sp³-hybridized carbons (Fsp3) is 0.348. The normalized spacial score (nSPS) is 16.2. The molecule has 3 heterocycles. The summed E-state index contributed by atoms with van der Waals surface area (Å²) in [5.74, 6) is -0.449. The van der Waals surface area contributed by atoms with Crippen LogP contribution in [0.1, 0.15) is 33.4 Å². The minimum absolute atomic E-state index is 0.129. The van der Waals surface area contributed by atoms with Crippen LogP contribution in [0.5, 0.6) is 0 Å². The van der Waals surface area contributed by atoms with Crippen molar-refractivity contribution in [3.8, 4) is 22.4 Å². The van der Waals surface area contributed by atoms with Gasteiger partial charge in [0.05, 0.1) is 24.8 Å². The molecule has 2 aromatic heterocycles. The van der Waals surface area contributed by atoms with Gasteiger partial charge in [-0.2, -0.15) is 5.10 Å². The average molecular weight is 443 g/mol. The first-order valence-corrected chi connectivity index (χ1v) is 10.5. The first-order valence-electron chi connectivity index (χ1n) is 10.1. The zero-order valence-electron chi connectivity index (χ0n) is 17.9. The number of hydrogen-bond acceptors (Lipinski definition) is 4. The number of benzene rings is 1. The van der Waals surface area contributed by atoms with Gasteiger partial charge in [0.2, 0.25) is 0 Å². The van der Waals surface area contributed by atoms with Gasteiger partial charge in [0.25, 0.3) is 0 Å². The summed E-state index contributed by atoms with van der Waals surface area (Å²) in [4.78, 5) is 18.6. The van der Waals surface area contributed by atoms with Crippen molar-refractivity contribution < 1.29 is 13.9 Å². The molecular formula is C23H24ClFN4O2. The van der Waals surface area contributed by atoms with E-state index in [1.165, 1.54) is 6.07 Å². The molecule has 0 fully saturated rings. The summed E-state index contributed by atoms with van der Waals surface area (Å²) in [6, 6.07) is 8.13. The van der Waals surface area contributed by atoms with Crippen LogP contribution in [0, 0.1) is 5.82 Å². The second-order valence-corrected chi connectivity index (χ2v) is 9.11. The molecule has 8 heteroatoms. The van der Waals surface area contributed by atoms with Crippen molar-refractivity contribution in [1.82, 2.24) is 19.7 Å². The fourth-order valence-electron chi connectivity index (χ4n) is 3.73. The third-order valence-corrected chi connectivity index (χ3v) is 5.37. The van der Waals surface area contributed by atoms with E-state index in [2.05, 4.69) is 4.98 Å². The lowest BCUT2D eigenvalue weighted by molar-refractivity contribution is 0.00914. The zero-order chi connectivity index (χ0) is 22.3. The zero-order valence-corrected chi connectivity index (χ0v) is 18.7. The highest BCUT2D eigenvalue weighted by Crippen LogP contribution is 2.38. The topological polar surface area (TPSA) is 60.2 Å². The molecule has 31 heavy (non-hydrogen) atoms. The highest BCUT2D eigenvalue weighted by molar-refractivity contribution is 6.30. The molecule has 1 aromatic carbocycles. The Bertz CT molecular complexity index is 1120. The van der Waals surface area contributed by atoms with E-state index in [9.17, 15) is 9.18 Å². The molecule has 1 amide bonds. The molecule has 1 atom stereocenters. The van der Waals surface area contributed by atoms with E-state index >= 15 is 0 Å². The van der Waals surface area contributed by atoms with Crippen LogP contribution in [0.2, 0.25) is 5.02 Å². The lowest BCUT2D eigenvalue weighted by atomic mass is 9.98. The largest absolute Gasteiger partial charge is 0.444 e. The molecule has 0 unspecified atom stereocenters. The molecule has 0 radical (unpaired) electrons. The number of ether oxygens (including phenoxy) is 1. The Morgan fingerprint density at radius 3 is 2.58 bits per heavy atom. The number of hydrogen-bond donors (Lipinski definition) is 0. The molecule has 4 rings (SSSR count). The summed E-state index contributed by atoms with van der Waals surface area (Å²) in [5, 5.41) is 5.06. The Kier molecular flexibility index (Phi) is 5.47. The van der Waals surface area contributed by atoms with Crippen molar-refractivity contribution in [2.75, 3.05) is 0 Å². The van der Waals surface area contributed by atoms with Gasteiger partial charge in [-0.15, -0.1) is 0 Å². The molecule has 0 spiro atoms. The Morgan fingerprint density at radius 2 is 1.94 bits per heavy atom. The third-order valence-electron chi connectivity index (χ3n) is 5.13. The number of amides is 1. The Labute approximate surface area is 185 Å². The van der Waals surface area contributed by atoms with Crippen molar-refractivity contribution in [2.24, 2.45) is 0 Å². The highest BCUT2D eigenvalue weighted by Gasteiger charge is 2.34. The molecule has 0 bridgehead atoms. The van der Waals surface area contributed by atoms with Crippen LogP contribution in [0.4, 0.5) is 9.18 Å². The van der Waals surface area contributed by atoms with Crippen molar-refractivity contribution in [3.63, 3.8) is 0 Å². The standard InChI is InChI=1S/C23H24ClFN4O2/c1-14-12-29-19(13-28(14)22(30)31-23(2,3)4)20(15-7-9-26-10-8-15)21(27-29)17-6-5-16(24)11-18(17)25/h5-11,14H,12-13H2,1-4H3/t14-/m1/s1. The number of rotatable bonds is 2. The Balaban J connectivity index is 1.84. The number of halogens is 2. The van der Waals surface area contributed by atoms with Crippen LogP contribution in [-0.4, -0.2) is 37.4 Å². The van der Waals surface area contributed by atoms with E-state index in [0.29, 0.717) is 29.4 Å². The molecule has 0 aliphatic carbocycles. The van der Waals surface area contributed by atoms with Crippen molar-refractivity contribution in [2.45, 2.75) is 52.4 Å². The summed E-state index contributed by atoms with van der Waals surface area (Å²) in [6.07, 6.45) is 2.98. The molecule has 0 saturated heterocycles. The van der Waals surface area contributed by atoms with E-state index in [1.54, 1.807) is 29.4 Å². The molecule has 1 aliphatic heterocycles. The number of aromatic nitrogens is 3. The molecule has 1 aliphatic rings.